The van der Waals surface area contributed by atoms with Gasteiger partial charge >= 0.3 is 21.1 Å². The van der Waals surface area contributed by atoms with Crippen LogP contribution in [0, 0.1) is 30.9 Å². The van der Waals surface area contributed by atoms with E-state index in [-0.39, 0.29) is 21.1 Å². The van der Waals surface area contributed by atoms with E-state index in [2.05, 4.69) is 120 Å². The van der Waals surface area contributed by atoms with Gasteiger partial charge in [0.05, 0.1) is 6.20 Å². The molecule has 3 heterocycles. The van der Waals surface area contributed by atoms with Gasteiger partial charge in [-0.05, 0) is 94.6 Å². The first-order chi connectivity index (χ1) is 23.6. The summed E-state index contributed by atoms with van der Waals surface area (Å²) >= 11 is 0. The number of hydrogen-bond donors (Lipinski definition) is 0. The van der Waals surface area contributed by atoms with Gasteiger partial charge in [0, 0.05) is 35.0 Å². The molecule has 256 valence electrons. The van der Waals surface area contributed by atoms with Crippen LogP contribution in [0.25, 0.3) is 44.4 Å². The van der Waals surface area contributed by atoms with Crippen molar-refractivity contribution in [3.63, 3.8) is 0 Å². The molecule has 0 saturated heterocycles. The summed E-state index contributed by atoms with van der Waals surface area (Å²) in [5.41, 5.74) is 10.6. The Kier molecular flexibility index (Phi) is 10.5. The molecule has 0 aliphatic rings. The van der Waals surface area contributed by atoms with Crippen LogP contribution in [-0.4, -0.2) is 19.3 Å². The number of hydrogen-bond acceptors (Lipinski definition) is 3. The summed E-state index contributed by atoms with van der Waals surface area (Å²) in [4.78, 5) is 4.70. The predicted molar refractivity (Wildman–Crippen MR) is 201 cm³/mol. The SMILES string of the molecule is Cc1ccnc(-n2c3[c-]c(Oc4[c-]c(-n5cc(-c6c(CC(C)C)cc(C(C)C)cc6CC(C)C)cn5)ccc4)ccc3c3ccccc32)c1.[Pt+2]. The number of rotatable bonds is 10. The molecule has 5 nitrogen and oxygen atoms in total. The largest absolute Gasteiger partial charge is 2.00 e. The molecule has 0 unspecified atom stereocenters. The molecule has 7 aromatic rings. The second-order valence-electron chi connectivity index (χ2n) is 14.4. The van der Waals surface area contributed by atoms with Crippen LogP contribution in [0.1, 0.15) is 69.7 Å². The quantitative estimate of drug-likeness (QED) is 0.129. The first kappa shape index (κ1) is 35.4. The van der Waals surface area contributed by atoms with E-state index in [1.165, 1.54) is 22.3 Å². The monoisotopic (exact) mass is 839 g/mol. The Balaban J connectivity index is 0.00000432. The molecule has 7 rings (SSSR count). The third kappa shape index (κ3) is 7.21. The molecule has 0 aliphatic heterocycles. The molecule has 0 aliphatic carbocycles. The molecule has 0 N–H and O–H groups in total. The predicted octanol–water partition coefficient (Wildman–Crippen LogP) is 11.3. The van der Waals surface area contributed by atoms with E-state index in [4.69, 9.17) is 14.8 Å². The van der Waals surface area contributed by atoms with Gasteiger partial charge in [0.2, 0.25) is 0 Å². The zero-order chi connectivity index (χ0) is 34.2. The first-order valence-corrected chi connectivity index (χ1v) is 17.4. The van der Waals surface area contributed by atoms with E-state index in [1.54, 1.807) is 0 Å². The second-order valence-corrected chi connectivity index (χ2v) is 14.4. The van der Waals surface area contributed by atoms with Crippen LogP contribution in [0.5, 0.6) is 11.5 Å². The molecule has 6 heteroatoms. The average molecular weight is 840 g/mol. The molecule has 50 heavy (non-hydrogen) atoms. The Morgan fingerprint density at radius 3 is 2.18 bits per heavy atom. The summed E-state index contributed by atoms with van der Waals surface area (Å²) in [6.45, 7) is 15.8. The third-order valence-corrected chi connectivity index (χ3v) is 9.02. The maximum Gasteiger partial charge on any atom is 2.00 e. The standard InChI is InChI=1S/C44H44N4O.Pt/c1-28(2)19-33-22-32(30(5)6)23-34(20-29(3)4)44(33)35-26-46-47(27-35)36-11-10-12-37(24-36)49-38-15-16-40-39-13-8-9-14-41(39)48(42(40)25-38)43-21-31(7)17-18-45-43;/h8-18,21-23,26-30H,19-20H2,1-7H3;/q-2;+2. The second kappa shape index (κ2) is 14.8. The van der Waals surface area contributed by atoms with E-state index in [1.807, 2.05) is 47.4 Å². The molecule has 0 bridgehead atoms. The number of pyridine rings is 1. The molecule has 0 spiro atoms. The van der Waals surface area contributed by atoms with Crippen LogP contribution in [0.4, 0.5) is 0 Å². The molecule has 0 amide bonds. The van der Waals surface area contributed by atoms with Crippen molar-refractivity contribution in [2.75, 3.05) is 0 Å². The fraction of sp³-hybridized carbons (Fsp3) is 0.273. The van der Waals surface area contributed by atoms with Gasteiger partial charge in [0.1, 0.15) is 5.82 Å². The Hall–Kier alpha value is -4.47. The molecule has 0 fully saturated rings. The van der Waals surface area contributed by atoms with Crippen molar-refractivity contribution in [3.8, 4) is 34.1 Å². The summed E-state index contributed by atoms with van der Waals surface area (Å²) in [5, 5.41) is 7.09. The van der Waals surface area contributed by atoms with Crippen molar-refractivity contribution >= 4 is 21.8 Å². The fourth-order valence-corrected chi connectivity index (χ4v) is 6.85. The average Bonchev–Trinajstić information content (AvgIpc) is 3.67. The minimum absolute atomic E-state index is 0. The van der Waals surface area contributed by atoms with E-state index < -0.39 is 0 Å². The van der Waals surface area contributed by atoms with Gasteiger partial charge in [0.15, 0.2) is 0 Å². The number of para-hydroxylation sites is 1. The number of fused-ring (bicyclic) bond motifs is 3. The first-order valence-electron chi connectivity index (χ1n) is 17.4. The van der Waals surface area contributed by atoms with Gasteiger partial charge in [-0.15, -0.1) is 35.7 Å². The number of nitrogens with zero attached hydrogens (tertiary/aromatic N) is 4. The van der Waals surface area contributed by atoms with Gasteiger partial charge in [-0.25, -0.2) is 4.98 Å². The van der Waals surface area contributed by atoms with E-state index in [0.29, 0.717) is 29.3 Å². The molecular formula is C44H44N4OPt. The molecule has 3 aromatic heterocycles. The van der Waals surface area contributed by atoms with Gasteiger partial charge in [-0.1, -0.05) is 77.4 Å². The topological polar surface area (TPSA) is 44.9 Å². The fourth-order valence-electron chi connectivity index (χ4n) is 6.85. The smallest absolute Gasteiger partial charge is 0.509 e. The summed E-state index contributed by atoms with van der Waals surface area (Å²) < 4.78 is 10.5. The zero-order valence-corrected chi connectivity index (χ0v) is 32.2. The number of ether oxygens (including phenoxy) is 1. The Morgan fingerprint density at radius 1 is 0.760 bits per heavy atom. The van der Waals surface area contributed by atoms with Crippen LogP contribution < -0.4 is 4.74 Å². The van der Waals surface area contributed by atoms with Gasteiger partial charge < -0.3 is 9.30 Å². The molecule has 0 atom stereocenters. The molecular weight excluding hydrogens is 796 g/mol. The number of aromatic nitrogens is 4. The van der Waals surface area contributed by atoms with Gasteiger partial charge in [-0.2, -0.15) is 17.2 Å². The Labute approximate surface area is 310 Å². The minimum atomic E-state index is 0. The van der Waals surface area contributed by atoms with Crippen molar-refractivity contribution in [1.29, 1.82) is 0 Å². The molecule has 0 radical (unpaired) electrons. The summed E-state index contributed by atoms with van der Waals surface area (Å²) in [6.07, 6.45) is 8.05. The van der Waals surface area contributed by atoms with Crippen LogP contribution in [0.2, 0.25) is 0 Å². The van der Waals surface area contributed by atoms with E-state index in [0.717, 1.165) is 57.3 Å². The van der Waals surface area contributed by atoms with E-state index in [9.17, 15) is 0 Å². The minimum Gasteiger partial charge on any atom is -0.509 e. The zero-order valence-electron chi connectivity index (χ0n) is 29.9. The van der Waals surface area contributed by atoms with Crippen molar-refractivity contribution in [1.82, 2.24) is 19.3 Å². The summed E-state index contributed by atoms with van der Waals surface area (Å²) in [5.74, 6) is 3.65. The number of benzene rings is 4. The summed E-state index contributed by atoms with van der Waals surface area (Å²) in [6, 6.07) is 34.4. The van der Waals surface area contributed by atoms with Crippen LogP contribution in [0.3, 0.4) is 0 Å². The van der Waals surface area contributed by atoms with Crippen molar-refractivity contribution in [2.24, 2.45) is 11.8 Å². The number of aryl methyl sites for hydroxylation is 1. The normalized spacial score (nSPS) is 11.6. The van der Waals surface area contributed by atoms with E-state index >= 15 is 0 Å². The van der Waals surface area contributed by atoms with Gasteiger partial charge in [0.25, 0.3) is 0 Å². The van der Waals surface area contributed by atoms with Crippen molar-refractivity contribution in [3.05, 3.63) is 132 Å². The van der Waals surface area contributed by atoms with Gasteiger partial charge in [-0.3, -0.25) is 4.68 Å². The maximum absolute atomic E-state index is 6.43. The third-order valence-electron chi connectivity index (χ3n) is 9.02. The van der Waals surface area contributed by atoms with Crippen LogP contribution >= 0.6 is 0 Å². The van der Waals surface area contributed by atoms with Crippen LogP contribution in [-0.2, 0) is 33.9 Å². The van der Waals surface area contributed by atoms with Crippen molar-refractivity contribution < 1.29 is 25.8 Å². The summed E-state index contributed by atoms with van der Waals surface area (Å²) in [7, 11) is 0. The maximum atomic E-state index is 6.43. The molecule has 0 saturated carbocycles. The molecule has 4 aromatic carbocycles. The van der Waals surface area contributed by atoms with Crippen LogP contribution in [0.15, 0.2) is 97.5 Å². The Bertz CT molecular complexity index is 2240. The van der Waals surface area contributed by atoms with Crippen molar-refractivity contribution in [2.45, 2.75) is 67.2 Å². The Morgan fingerprint density at radius 2 is 1.48 bits per heavy atom.